The molecule has 0 radical (unpaired) electrons. The molecule has 0 saturated heterocycles. The molecule has 0 fully saturated rings. The van der Waals surface area contributed by atoms with E-state index in [1.54, 1.807) is 6.92 Å². The molecule has 0 aromatic carbocycles. The predicted octanol–water partition coefficient (Wildman–Crippen LogP) is 0.674. The van der Waals surface area contributed by atoms with Crippen molar-refractivity contribution in [1.29, 1.82) is 0 Å². The van der Waals surface area contributed by atoms with E-state index in [0.717, 1.165) is 12.8 Å². The summed E-state index contributed by atoms with van der Waals surface area (Å²) in [5.74, 6) is 0.0793. The Kier molecular flexibility index (Phi) is 5.84. The van der Waals surface area contributed by atoms with Crippen LogP contribution in [0.3, 0.4) is 0 Å². The smallest absolute Gasteiger partial charge is 0.219 e. The highest BCUT2D eigenvalue weighted by Gasteiger charge is 1.97. The highest BCUT2D eigenvalue weighted by atomic mass is 16.3. The van der Waals surface area contributed by atoms with Gasteiger partial charge in [-0.3, -0.25) is 4.79 Å². The molecule has 3 heteroatoms. The molecule has 0 aliphatic heterocycles. The van der Waals surface area contributed by atoms with E-state index in [-0.39, 0.29) is 12.0 Å². The Bertz CT molecular complexity index is 113. The van der Waals surface area contributed by atoms with Crippen molar-refractivity contribution in [3.8, 4) is 0 Å². The molecule has 0 bridgehead atoms. The van der Waals surface area contributed by atoms with Crippen LogP contribution in [-0.4, -0.2) is 23.7 Å². The lowest BCUT2D eigenvalue weighted by atomic mass is 10.2. The van der Waals surface area contributed by atoms with Crippen molar-refractivity contribution in [3.63, 3.8) is 0 Å². The lowest BCUT2D eigenvalue weighted by molar-refractivity contribution is -0.120. The van der Waals surface area contributed by atoms with E-state index < -0.39 is 0 Å². The van der Waals surface area contributed by atoms with Crippen LogP contribution in [0.2, 0.25) is 0 Å². The Morgan fingerprint density at radius 3 is 2.73 bits per heavy atom. The van der Waals surface area contributed by atoms with Crippen molar-refractivity contribution in [2.24, 2.45) is 0 Å². The molecular formula is C8H17NO2. The zero-order chi connectivity index (χ0) is 8.69. The average Bonchev–Trinajstić information content (AvgIpc) is 1.97. The minimum absolute atomic E-state index is 0.0793. The number of aliphatic hydroxyl groups excluding tert-OH is 1. The molecule has 0 aliphatic rings. The first kappa shape index (κ1) is 10.4. The Labute approximate surface area is 67.8 Å². The number of rotatable bonds is 5. The molecule has 11 heavy (non-hydrogen) atoms. The van der Waals surface area contributed by atoms with E-state index in [4.69, 9.17) is 5.11 Å². The molecule has 0 rings (SSSR count). The fourth-order valence-corrected chi connectivity index (χ4v) is 0.750. The van der Waals surface area contributed by atoms with Crippen LogP contribution in [0.25, 0.3) is 0 Å². The van der Waals surface area contributed by atoms with Crippen LogP contribution in [-0.2, 0) is 4.79 Å². The van der Waals surface area contributed by atoms with Gasteiger partial charge in [0.25, 0.3) is 0 Å². The van der Waals surface area contributed by atoms with Crippen molar-refractivity contribution in [1.82, 2.24) is 5.32 Å². The molecule has 0 saturated carbocycles. The van der Waals surface area contributed by atoms with Gasteiger partial charge in [-0.1, -0.05) is 6.92 Å². The van der Waals surface area contributed by atoms with Crippen LogP contribution in [0.5, 0.6) is 0 Å². The highest BCUT2D eigenvalue weighted by Crippen LogP contribution is 1.93. The van der Waals surface area contributed by atoms with Crippen molar-refractivity contribution in [3.05, 3.63) is 0 Å². The molecule has 2 N–H and O–H groups in total. The van der Waals surface area contributed by atoms with Crippen molar-refractivity contribution >= 4 is 5.91 Å². The molecule has 0 spiro atoms. The summed E-state index contributed by atoms with van der Waals surface area (Å²) in [5.41, 5.74) is 0. The lowest BCUT2D eigenvalue weighted by Gasteiger charge is -2.04. The number of hydrogen-bond acceptors (Lipinski definition) is 2. The number of carbonyl (C=O) groups is 1. The molecular weight excluding hydrogens is 142 g/mol. The maximum atomic E-state index is 10.7. The van der Waals surface area contributed by atoms with Crippen LogP contribution in [0.15, 0.2) is 0 Å². The molecule has 66 valence electrons. The third-order valence-electron chi connectivity index (χ3n) is 1.44. The summed E-state index contributed by atoms with van der Waals surface area (Å²) in [4.78, 5) is 10.7. The van der Waals surface area contributed by atoms with E-state index in [2.05, 4.69) is 5.32 Å². The zero-order valence-electron chi connectivity index (χ0n) is 7.26. The second-order valence-corrected chi connectivity index (χ2v) is 2.69. The van der Waals surface area contributed by atoms with E-state index in [1.165, 1.54) is 0 Å². The van der Waals surface area contributed by atoms with Crippen LogP contribution < -0.4 is 5.32 Å². The fourth-order valence-electron chi connectivity index (χ4n) is 0.750. The van der Waals surface area contributed by atoms with Gasteiger partial charge in [-0.2, -0.15) is 0 Å². The number of aliphatic hydroxyl groups is 1. The monoisotopic (exact) mass is 159 g/mol. The maximum Gasteiger partial charge on any atom is 0.219 e. The van der Waals surface area contributed by atoms with E-state index in [9.17, 15) is 4.79 Å². The minimum atomic E-state index is -0.256. The summed E-state index contributed by atoms with van der Waals surface area (Å²) in [6.45, 7) is 4.25. The van der Waals surface area contributed by atoms with Crippen LogP contribution in [0.4, 0.5) is 0 Å². The van der Waals surface area contributed by atoms with Gasteiger partial charge in [0.2, 0.25) is 5.91 Å². The van der Waals surface area contributed by atoms with Gasteiger partial charge in [0, 0.05) is 13.0 Å². The second kappa shape index (κ2) is 6.16. The van der Waals surface area contributed by atoms with E-state index in [0.29, 0.717) is 13.0 Å². The standard InChI is InChI=1S/C8H17NO2/c1-3-8(11)9-6-4-5-7(2)10/h7,10H,3-6H2,1-2H3,(H,9,11). The topological polar surface area (TPSA) is 49.3 Å². The first-order valence-electron chi connectivity index (χ1n) is 4.11. The number of amides is 1. The predicted molar refractivity (Wildman–Crippen MR) is 44.2 cm³/mol. The van der Waals surface area contributed by atoms with Gasteiger partial charge in [-0.15, -0.1) is 0 Å². The number of hydrogen-bond donors (Lipinski definition) is 2. The second-order valence-electron chi connectivity index (χ2n) is 2.69. The zero-order valence-corrected chi connectivity index (χ0v) is 7.26. The van der Waals surface area contributed by atoms with Crippen LogP contribution >= 0.6 is 0 Å². The van der Waals surface area contributed by atoms with E-state index in [1.807, 2.05) is 6.92 Å². The third-order valence-corrected chi connectivity index (χ3v) is 1.44. The first-order chi connectivity index (χ1) is 5.16. The lowest BCUT2D eigenvalue weighted by Crippen LogP contribution is -2.23. The van der Waals surface area contributed by atoms with Gasteiger partial charge in [-0.05, 0) is 19.8 Å². The molecule has 0 aromatic heterocycles. The van der Waals surface area contributed by atoms with Crippen LogP contribution in [0.1, 0.15) is 33.1 Å². The third kappa shape index (κ3) is 7.33. The molecule has 0 aliphatic carbocycles. The number of nitrogens with one attached hydrogen (secondary N) is 1. The maximum absolute atomic E-state index is 10.7. The summed E-state index contributed by atoms with van der Waals surface area (Å²) in [6, 6.07) is 0. The largest absolute Gasteiger partial charge is 0.393 e. The van der Waals surface area contributed by atoms with Crippen molar-refractivity contribution < 1.29 is 9.90 Å². The van der Waals surface area contributed by atoms with Gasteiger partial charge < -0.3 is 10.4 Å². The SMILES string of the molecule is CCC(=O)NCCCC(C)O. The number of carbonyl (C=O) groups excluding carboxylic acids is 1. The summed E-state index contributed by atoms with van der Waals surface area (Å²) in [7, 11) is 0. The molecule has 1 amide bonds. The fraction of sp³-hybridized carbons (Fsp3) is 0.875. The molecule has 1 unspecified atom stereocenters. The molecule has 0 aromatic rings. The first-order valence-corrected chi connectivity index (χ1v) is 4.11. The summed E-state index contributed by atoms with van der Waals surface area (Å²) < 4.78 is 0. The van der Waals surface area contributed by atoms with Gasteiger partial charge in [0.05, 0.1) is 6.10 Å². The van der Waals surface area contributed by atoms with Gasteiger partial charge in [0.1, 0.15) is 0 Å². The van der Waals surface area contributed by atoms with Gasteiger partial charge >= 0.3 is 0 Å². The minimum Gasteiger partial charge on any atom is -0.393 e. The molecule has 1 atom stereocenters. The van der Waals surface area contributed by atoms with Gasteiger partial charge in [-0.25, -0.2) is 0 Å². The Hall–Kier alpha value is -0.570. The Balaban J connectivity index is 3.08. The molecule has 0 heterocycles. The summed E-state index contributed by atoms with van der Waals surface area (Å²) in [6.07, 6.45) is 1.88. The van der Waals surface area contributed by atoms with Gasteiger partial charge in [0.15, 0.2) is 0 Å². The highest BCUT2D eigenvalue weighted by molar-refractivity contribution is 5.75. The van der Waals surface area contributed by atoms with E-state index >= 15 is 0 Å². The normalized spacial score (nSPS) is 12.6. The van der Waals surface area contributed by atoms with Crippen LogP contribution in [0, 0.1) is 0 Å². The van der Waals surface area contributed by atoms with Crippen molar-refractivity contribution in [2.45, 2.75) is 39.2 Å². The molecule has 3 nitrogen and oxygen atoms in total. The summed E-state index contributed by atoms with van der Waals surface area (Å²) >= 11 is 0. The Morgan fingerprint density at radius 2 is 2.27 bits per heavy atom. The Morgan fingerprint density at radius 1 is 1.64 bits per heavy atom. The average molecular weight is 159 g/mol. The quantitative estimate of drug-likeness (QED) is 0.579. The van der Waals surface area contributed by atoms with Crippen molar-refractivity contribution in [2.75, 3.05) is 6.54 Å². The summed E-state index contributed by atoms with van der Waals surface area (Å²) in [5, 5.41) is 11.6.